The summed E-state index contributed by atoms with van der Waals surface area (Å²) >= 11 is 5.76. The number of benzene rings is 1. The highest BCUT2D eigenvalue weighted by Crippen LogP contribution is 2.21. The Morgan fingerprint density at radius 3 is 2.27 bits per heavy atom. The maximum atomic E-state index is 11.9. The van der Waals surface area contributed by atoms with E-state index in [-0.39, 0.29) is 0 Å². The molecule has 0 fully saturated rings. The van der Waals surface area contributed by atoms with E-state index in [1.54, 1.807) is 24.3 Å². The van der Waals surface area contributed by atoms with Gasteiger partial charge in [0, 0.05) is 11.9 Å². The Bertz CT molecular complexity index is 557. The highest BCUT2D eigenvalue weighted by atomic mass is 35.5. The fraction of sp³-hybridized carbons (Fsp3) is 0.357. The van der Waals surface area contributed by atoms with Gasteiger partial charge in [0.05, 0.1) is 0 Å². The molecule has 7 nitrogen and oxygen atoms in total. The van der Waals surface area contributed by atoms with E-state index in [0.29, 0.717) is 10.8 Å². The van der Waals surface area contributed by atoms with Gasteiger partial charge < -0.3 is 9.47 Å². The summed E-state index contributed by atoms with van der Waals surface area (Å²) in [5.41, 5.74) is 2.86. The fourth-order valence-electron chi connectivity index (χ4n) is 1.34. The Morgan fingerprint density at radius 2 is 1.73 bits per heavy atom. The zero-order valence-electron chi connectivity index (χ0n) is 12.4. The first kappa shape index (κ1) is 17.8. The van der Waals surface area contributed by atoms with Crippen LogP contribution in [0.2, 0.25) is 5.02 Å². The zero-order valence-corrected chi connectivity index (χ0v) is 13.2. The predicted molar refractivity (Wildman–Crippen MR) is 79.1 cm³/mol. The lowest BCUT2D eigenvalue weighted by molar-refractivity contribution is -0.162. The van der Waals surface area contributed by atoms with Crippen molar-refractivity contribution >= 4 is 29.4 Å². The molecule has 0 aromatic heterocycles. The molecule has 0 atom stereocenters. The van der Waals surface area contributed by atoms with E-state index >= 15 is 0 Å². The van der Waals surface area contributed by atoms with Gasteiger partial charge in [-0.25, -0.2) is 4.79 Å². The molecule has 0 heterocycles. The minimum Gasteiger partial charge on any atom is -0.476 e. The van der Waals surface area contributed by atoms with Crippen molar-refractivity contribution < 1.29 is 23.9 Å². The van der Waals surface area contributed by atoms with Crippen LogP contribution < -0.4 is 15.6 Å². The molecule has 0 aliphatic carbocycles. The molecule has 120 valence electrons. The monoisotopic (exact) mass is 328 g/mol. The number of esters is 1. The second-order valence-electron chi connectivity index (χ2n) is 4.87. The van der Waals surface area contributed by atoms with Gasteiger partial charge in [0.1, 0.15) is 5.75 Å². The molecule has 8 heteroatoms. The molecule has 1 aromatic carbocycles. The van der Waals surface area contributed by atoms with Crippen molar-refractivity contribution in [3.05, 3.63) is 29.3 Å². The highest BCUT2D eigenvalue weighted by Gasteiger charge is 2.32. The van der Waals surface area contributed by atoms with Crippen molar-refractivity contribution in [3.63, 3.8) is 0 Å². The molecule has 22 heavy (non-hydrogen) atoms. The first-order valence-corrected chi connectivity index (χ1v) is 6.76. The molecule has 0 unspecified atom stereocenters. The molecule has 0 radical (unpaired) electrons. The number of hydrogen-bond acceptors (Lipinski definition) is 5. The summed E-state index contributed by atoms with van der Waals surface area (Å²) < 4.78 is 10.4. The van der Waals surface area contributed by atoms with Crippen LogP contribution in [-0.4, -0.2) is 30.0 Å². The Balaban J connectivity index is 2.50. The third-order valence-corrected chi connectivity index (χ3v) is 2.64. The molecule has 0 aliphatic heterocycles. The summed E-state index contributed by atoms with van der Waals surface area (Å²) in [6.07, 6.45) is 0. The first-order chi connectivity index (χ1) is 10.2. The maximum Gasteiger partial charge on any atom is 0.350 e. The SMILES string of the molecule is CC(=O)NNC(=O)COC(=O)C(C)(C)Oc1ccc(Cl)cc1. The average molecular weight is 329 g/mol. The van der Waals surface area contributed by atoms with E-state index in [1.165, 1.54) is 20.8 Å². The normalized spacial score (nSPS) is 10.5. The Morgan fingerprint density at radius 1 is 1.14 bits per heavy atom. The van der Waals surface area contributed by atoms with Gasteiger partial charge in [-0.1, -0.05) is 11.6 Å². The summed E-state index contributed by atoms with van der Waals surface area (Å²) in [7, 11) is 0. The third-order valence-electron chi connectivity index (χ3n) is 2.39. The quantitative estimate of drug-likeness (QED) is 0.626. The van der Waals surface area contributed by atoms with Gasteiger partial charge in [-0.3, -0.25) is 20.4 Å². The van der Waals surface area contributed by atoms with E-state index in [9.17, 15) is 14.4 Å². The van der Waals surface area contributed by atoms with E-state index in [0.717, 1.165) is 0 Å². The number of hydrogen-bond donors (Lipinski definition) is 2. The molecule has 0 saturated heterocycles. The molecule has 0 bridgehead atoms. The predicted octanol–water partition coefficient (Wildman–Crippen LogP) is 1.21. The average Bonchev–Trinajstić information content (AvgIpc) is 2.44. The van der Waals surface area contributed by atoms with Crippen molar-refractivity contribution in [1.29, 1.82) is 0 Å². The molecule has 0 saturated carbocycles. The second-order valence-corrected chi connectivity index (χ2v) is 5.31. The molecule has 0 spiro atoms. The van der Waals surface area contributed by atoms with E-state index in [2.05, 4.69) is 10.9 Å². The number of nitrogens with one attached hydrogen (secondary N) is 2. The van der Waals surface area contributed by atoms with Crippen LogP contribution in [0.3, 0.4) is 0 Å². The molecular weight excluding hydrogens is 312 g/mol. The van der Waals surface area contributed by atoms with Crippen LogP contribution in [0.15, 0.2) is 24.3 Å². The number of ether oxygens (including phenoxy) is 2. The smallest absolute Gasteiger partial charge is 0.350 e. The van der Waals surface area contributed by atoms with Crippen molar-refractivity contribution in [3.8, 4) is 5.75 Å². The van der Waals surface area contributed by atoms with Crippen LogP contribution in [-0.2, 0) is 19.1 Å². The van der Waals surface area contributed by atoms with Crippen LogP contribution in [0.1, 0.15) is 20.8 Å². The standard InChI is InChI=1S/C14H17ClN2O5/c1-9(18)16-17-12(19)8-21-13(20)14(2,3)22-11-6-4-10(15)5-7-11/h4-7H,8H2,1-3H3,(H,16,18)(H,17,19). The van der Waals surface area contributed by atoms with Crippen LogP contribution in [0.4, 0.5) is 0 Å². The molecule has 1 aromatic rings. The van der Waals surface area contributed by atoms with Crippen LogP contribution in [0, 0.1) is 0 Å². The van der Waals surface area contributed by atoms with Gasteiger partial charge in [0.15, 0.2) is 12.2 Å². The second kappa shape index (κ2) is 7.65. The summed E-state index contributed by atoms with van der Waals surface area (Å²) in [6, 6.07) is 6.47. The molecule has 1 rings (SSSR count). The fourth-order valence-corrected chi connectivity index (χ4v) is 1.46. The molecule has 0 aliphatic rings. The largest absolute Gasteiger partial charge is 0.476 e. The van der Waals surface area contributed by atoms with Gasteiger partial charge in [0.25, 0.3) is 5.91 Å². The van der Waals surface area contributed by atoms with Crippen LogP contribution in [0.5, 0.6) is 5.75 Å². The summed E-state index contributed by atoms with van der Waals surface area (Å²) in [6.45, 7) is 3.72. The van der Waals surface area contributed by atoms with Gasteiger partial charge in [-0.05, 0) is 38.1 Å². The van der Waals surface area contributed by atoms with Crippen molar-refractivity contribution in [1.82, 2.24) is 10.9 Å². The summed E-state index contributed by atoms with van der Waals surface area (Å²) in [5, 5.41) is 0.544. The van der Waals surface area contributed by atoms with E-state index < -0.39 is 30.0 Å². The Labute approximate surface area is 132 Å². The highest BCUT2D eigenvalue weighted by molar-refractivity contribution is 6.30. The van der Waals surface area contributed by atoms with Crippen LogP contribution in [0.25, 0.3) is 0 Å². The number of carbonyl (C=O) groups excluding carboxylic acids is 3. The number of carbonyl (C=O) groups is 3. The van der Waals surface area contributed by atoms with Gasteiger partial charge >= 0.3 is 5.97 Å². The van der Waals surface area contributed by atoms with Gasteiger partial charge in [-0.2, -0.15) is 0 Å². The molecule has 2 amide bonds. The Hall–Kier alpha value is -2.28. The third kappa shape index (κ3) is 6.01. The lowest BCUT2D eigenvalue weighted by atomic mass is 10.1. The number of hydrazine groups is 1. The van der Waals surface area contributed by atoms with Crippen molar-refractivity contribution in [2.24, 2.45) is 0 Å². The zero-order chi connectivity index (χ0) is 16.8. The lowest BCUT2D eigenvalue weighted by Crippen LogP contribution is -2.45. The first-order valence-electron chi connectivity index (χ1n) is 6.38. The lowest BCUT2D eigenvalue weighted by Gasteiger charge is -2.24. The summed E-state index contributed by atoms with van der Waals surface area (Å²) in [4.78, 5) is 33.9. The van der Waals surface area contributed by atoms with Gasteiger partial charge in [-0.15, -0.1) is 0 Å². The number of halogens is 1. The maximum absolute atomic E-state index is 11.9. The Kier molecular flexibility index (Phi) is 6.18. The minimum atomic E-state index is -1.29. The number of amides is 2. The molecular formula is C14H17ClN2O5. The van der Waals surface area contributed by atoms with Crippen molar-refractivity contribution in [2.45, 2.75) is 26.4 Å². The van der Waals surface area contributed by atoms with Gasteiger partial charge in [0.2, 0.25) is 5.91 Å². The van der Waals surface area contributed by atoms with Crippen molar-refractivity contribution in [2.75, 3.05) is 6.61 Å². The van der Waals surface area contributed by atoms with E-state index in [4.69, 9.17) is 21.1 Å². The minimum absolute atomic E-state index is 0.439. The summed E-state index contributed by atoms with van der Waals surface area (Å²) in [5.74, 6) is -1.38. The molecule has 2 N–H and O–H groups in total. The van der Waals surface area contributed by atoms with E-state index in [1.807, 2.05) is 0 Å². The van der Waals surface area contributed by atoms with Crippen LogP contribution >= 0.6 is 11.6 Å². The topological polar surface area (TPSA) is 93.7 Å². The number of rotatable bonds is 5.